The van der Waals surface area contributed by atoms with Gasteiger partial charge in [-0.05, 0) is 36.4 Å². The number of thiophene rings is 1. The van der Waals surface area contributed by atoms with Crippen molar-refractivity contribution < 1.29 is 4.79 Å². The van der Waals surface area contributed by atoms with Crippen molar-refractivity contribution >= 4 is 29.0 Å². The van der Waals surface area contributed by atoms with Crippen LogP contribution in [0.2, 0.25) is 0 Å². The van der Waals surface area contributed by atoms with Gasteiger partial charge in [0.15, 0.2) is 0 Å². The van der Waals surface area contributed by atoms with Gasteiger partial charge in [-0.25, -0.2) is 4.98 Å². The predicted molar refractivity (Wildman–Crippen MR) is 134 cm³/mol. The molecule has 8 heteroatoms. The third kappa shape index (κ3) is 4.27. The summed E-state index contributed by atoms with van der Waals surface area (Å²) in [6, 6.07) is 21.4. The quantitative estimate of drug-likeness (QED) is 0.396. The van der Waals surface area contributed by atoms with Crippen LogP contribution in [-0.2, 0) is 13.0 Å². The number of aryl methyl sites for hydroxylation is 2. The number of benzene rings is 2. The van der Waals surface area contributed by atoms with E-state index in [4.69, 9.17) is 0 Å². The Morgan fingerprint density at radius 2 is 1.74 bits per heavy atom. The van der Waals surface area contributed by atoms with Crippen molar-refractivity contribution in [3.8, 4) is 0 Å². The largest absolute Gasteiger partial charge is 0.277 e. The molecule has 0 fully saturated rings. The fraction of sp³-hybridized carbons (Fsp3) is 0.154. The molecule has 1 N–H and O–H groups in total. The Balaban J connectivity index is 1.57. The van der Waals surface area contributed by atoms with E-state index in [-0.39, 0.29) is 23.2 Å². The lowest BCUT2D eigenvalue weighted by Gasteiger charge is -2.19. The first-order valence-corrected chi connectivity index (χ1v) is 11.8. The summed E-state index contributed by atoms with van der Waals surface area (Å²) in [6.07, 6.45) is 0.469. The average molecular weight is 470 g/mol. The Bertz CT molecular complexity index is 1500. The van der Waals surface area contributed by atoms with Crippen molar-refractivity contribution in [2.75, 3.05) is 4.90 Å². The summed E-state index contributed by atoms with van der Waals surface area (Å²) < 4.78 is 1.32. The fourth-order valence-electron chi connectivity index (χ4n) is 3.82. The van der Waals surface area contributed by atoms with Crippen molar-refractivity contribution in [2.45, 2.75) is 26.8 Å². The summed E-state index contributed by atoms with van der Waals surface area (Å²) in [6.45, 7) is 4.14. The van der Waals surface area contributed by atoms with Gasteiger partial charge in [-0.15, -0.1) is 11.3 Å². The molecule has 0 radical (unpaired) electrons. The molecular formula is C26H23N5O2S. The second-order valence-electron chi connectivity index (χ2n) is 8.18. The number of carbonyl (C=O) groups excluding carboxylic acids is 1. The number of H-pyrrole nitrogens is 1. The summed E-state index contributed by atoms with van der Waals surface area (Å²) >= 11 is 1.37. The molecule has 0 saturated heterocycles. The summed E-state index contributed by atoms with van der Waals surface area (Å²) in [7, 11) is 0. The van der Waals surface area contributed by atoms with Gasteiger partial charge in [0.25, 0.3) is 17.2 Å². The van der Waals surface area contributed by atoms with E-state index in [0.29, 0.717) is 29.1 Å². The van der Waals surface area contributed by atoms with Crippen LogP contribution in [0.25, 0.3) is 5.78 Å². The fourth-order valence-corrected chi connectivity index (χ4v) is 4.49. The molecule has 0 spiro atoms. The van der Waals surface area contributed by atoms with Gasteiger partial charge in [-0.2, -0.15) is 9.50 Å². The van der Waals surface area contributed by atoms with Crippen LogP contribution >= 0.6 is 11.3 Å². The number of amides is 1. The van der Waals surface area contributed by atoms with Gasteiger partial charge < -0.3 is 0 Å². The van der Waals surface area contributed by atoms with Crippen LogP contribution in [0.5, 0.6) is 0 Å². The van der Waals surface area contributed by atoms with Crippen molar-refractivity contribution in [1.29, 1.82) is 0 Å². The minimum absolute atomic E-state index is 0.191. The first-order chi connectivity index (χ1) is 16.5. The highest BCUT2D eigenvalue weighted by Crippen LogP contribution is 2.20. The Kier molecular flexibility index (Phi) is 5.81. The molecule has 0 atom stereocenters. The molecule has 34 heavy (non-hydrogen) atoms. The first kappa shape index (κ1) is 21.8. The molecule has 3 heterocycles. The van der Waals surface area contributed by atoms with Crippen molar-refractivity contribution in [1.82, 2.24) is 19.6 Å². The minimum atomic E-state index is -0.219. The van der Waals surface area contributed by atoms with Crippen molar-refractivity contribution in [3.05, 3.63) is 115 Å². The molecule has 170 valence electrons. The van der Waals surface area contributed by atoms with E-state index < -0.39 is 0 Å². The molecular weight excluding hydrogens is 446 g/mol. The number of aromatic nitrogens is 4. The second-order valence-corrected chi connectivity index (χ2v) is 9.13. The molecule has 0 aliphatic rings. The van der Waals surface area contributed by atoms with Crippen LogP contribution in [0.4, 0.5) is 5.95 Å². The normalized spacial score (nSPS) is 11.1. The molecule has 0 bridgehead atoms. The number of hydrogen-bond donors (Lipinski definition) is 1. The lowest BCUT2D eigenvalue weighted by atomic mass is 10.1. The number of carbonyl (C=O) groups is 1. The molecule has 0 aliphatic heterocycles. The zero-order valence-electron chi connectivity index (χ0n) is 18.9. The molecule has 0 aliphatic carbocycles. The van der Waals surface area contributed by atoms with E-state index >= 15 is 0 Å². The highest BCUT2D eigenvalue weighted by molar-refractivity contribution is 7.12. The number of hydrogen-bond acceptors (Lipinski definition) is 5. The Morgan fingerprint density at radius 1 is 0.971 bits per heavy atom. The van der Waals surface area contributed by atoms with E-state index in [1.165, 1.54) is 15.9 Å². The molecule has 5 rings (SSSR count). The van der Waals surface area contributed by atoms with E-state index in [2.05, 4.69) is 15.1 Å². The second kappa shape index (κ2) is 9.07. The SMILES string of the molecule is Cc1ccc(CN(C(=O)c2cccs2)c2nc3nc(C)c(Cc4ccccc4)c(=O)n3[nH]2)cc1. The first-order valence-electron chi connectivity index (χ1n) is 10.9. The molecule has 0 unspecified atom stereocenters. The van der Waals surface area contributed by atoms with Gasteiger partial charge in [0.1, 0.15) is 0 Å². The van der Waals surface area contributed by atoms with Crippen molar-refractivity contribution in [3.63, 3.8) is 0 Å². The zero-order valence-corrected chi connectivity index (χ0v) is 19.7. The Morgan fingerprint density at radius 3 is 2.44 bits per heavy atom. The molecule has 7 nitrogen and oxygen atoms in total. The van der Waals surface area contributed by atoms with Crippen LogP contribution in [0.15, 0.2) is 76.9 Å². The number of nitrogens with zero attached hydrogens (tertiary/aromatic N) is 4. The maximum absolute atomic E-state index is 13.4. The standard InChI is InChI=1S/C26H23N5O2S/c1-17-10-12-20(13-11-17)16-30(24(33)22-9-6-14-34-22)26-28-25-27-18(2)21(23(32)31(25)29-26)15-19-7-4-3-5-8-19/h3-14H,15-16H2,1-2H3,(H,27,28,29). The molecule has 0 saturated carbocycles. The predicted octanol–water partition coefficient (Wildman–Crippen LogP) is 4.53. The topological polar surface area (TPSA) is 83.4 Å². The average Bonchev–Trinajstić information content (AvgIpc) is 3.52. The third-order valence-corrected chi connectivity index (χ3v) is 6.56. The number of nitrogens with one attached hydrogen (secondary N) is 1. The Labute approximate surface area is 200 Å². The van der Waals surface area contributed by atoms with E-state index in [1.807, 2.05) is 79.9 Å². The van der Waals surface area contributed by atoms with E-state index in [0.717, 1.165) is 16.7 Å². The smallest absolute Gasteiger partial charge is 0.272 e. The number of fused-ring (bicyclic) bond motifs is 1. The van der Waals surface area contributed by atoms with Gasteiger partial charge >= 0.3 is 0 Å². The summed E-state index contributed by atoms with van der Waals surface area (Å²) in [4.78, 5) is 38.0. The van der Waals surface area contributed by atoms with Crippen LogP contribution in [0.1, 0.15) is 37.6 Å². The van der Waals surface area contributed by atoms with Crippen LogP contribution in [0.3, 0.4) is 0 Å². The lowest BCUT2D eigenvalue weighted by molar-refractivity contribution is 0.0987. The maximum Gasteiger partial charge on any atom is 0.277 e. The zero-order chi connectivity index (χ0) is 23.7. The monoisotopic (exact) mass is 469 g/mol. The van der Waals surface area contributed by atoms with Gasteiger partial charge in [0.2, 0.25) is 5.95 Å². The molecule has 3 aromatic heterocycles. The summed E-state index contributed by atoms with van der Waals surface area (Å²) in [5, 5.41) is 4.89. The van der Waals surface area contributed by atoms with Crippen LogP contribution in [-0.4, -0.2) is 25.5 Å². The maximum atomic E-state index is 13.4. The number of rotatable bonds is 6. The highest BCUT2D eigenvalue weighted by atomic mass is 32.1. The van der Waals surface area contributed by atoms with Gasteiger partial charge in [0.05, 0.1) is 17.1 Å². The van der Waals surface area contributed by atoms with E-state index in [1.54, 1.807) is 11.0 Å². The van der Waals surface area contributed by atoms with Crippen molar-refractivity contribution in [2.24, 2.45) is 0 Å². The molecule has 5 aromatic rings. The number of aromatic amines is 1. The summed E-state index contributed by atoms with van der Waals surface area (Å²) in [5.41, 5.74) is 4.12. The lowest BCUT2D eigenvalue weighted by Crippen LogP contribution is -2.31. The number of anilines is 1. The Hall–Kier alpha value is -4.04. The highest BCUT2D eigenvalue weighted by Gasteiger charge is 2.24. The molecule has 2 aromatic carbocycles. The van der Waals surface area contributed by atoms with Crippen LogP contribution < -0.4 is 10.5 Å². The van der Waals surface area contributed by atoms with Gasteiger partial charge in [0, 0.05) is 12.0 Å². The van der Waals surface area contributed by atoms with Gasteiger partial charge in [-0.3, -0.25) is 19.6 Å². The van der Waals surface area contributed by atoms with Gasteiger partial charge in [-0.1, -0.05) is 66.2 Å². The molecule has 1 amide bonds. The summed E-state index contributed by atoms with van der Waals surface area (Å²) in [5.74, 6) is 0.325. The van der Waals surface area contributed by atoms with Crippen LogP contribution in [0, 0.1) is 13.8 Å². The minimum Gasteiger partial charge on any atom is -0.272 e. The third-order valence-electron chi connectivity index (χ3n) is 5.70. The van der Waals surface area contributed by atoms with E-state index in [9.17, 15) is 9.59 Å².